The second-order valence-corrected chi connectivity index (χ2v) is 3.44. The van der Waals surface area contributed by atoms with Crippen LogP contribution in [0.1, 0.15) is 6.92 Å². The molecule has 0 saturated carbocycles. The molecular weight excluding hydrogens is 179 g/mol. The zero-order valence-corrected chi connectivity index (χ0v) is 9.60. The first-order valence-electron chi connectivity index (χ1n) is 3.20. The molecule has 0 heterocycles. The van der Waals surface area contributed by atoms with E-state index in [1.165, 1.54) is 38.5 Å². The molecule has 0 aliphatic heterocycles. The van der Waals surface area contributed by atoms with E-state index in [1.54, 1.807) is 0 Å². The minimum Gasteiger partial charge on any atom is -0.264 e. The standard InChI is InChI=1S/C3H5.C2H6O4S.Na/c1-3-2;1-2-6-7(3,4)5;/h3H,1-2H2;2H2,1H3,(H,3,4,5);. The summed E-state index contributed by atoms with van der Waals surface area (Å²) in [5.74, 6) is 0. The van der Waals surface area contributed by atoms with Crippen molar-refractivity contribution < 1.29 is 17.2 Å². The monoisotopic (exact) mass is 190 g/mol. The Morgan fingerprint density at radius 2 is 2.09 bits per heavy atom. The van der Waals surface area contributed by atoms with E-state index in [9.17, 15) is 8.42 Å². The molecule has 6 heteroatoms. The fourth-order valence-electron chi connectivity index (χ4n) is 0.149. The van der Waals surface area contributed by atoms with Gasteiger partial charge in [-0.05, 0) is 6.92 Å². The summed E-state index contributed by atoms with van der Waals surface area (Å²) in [5, 5.41) is 0. The first-order valence-corrected chi connectivity index (χ1v) is 5.98. The Morgan fingerprint density at radius 1 is 1.73 bits per heavy atom. The van der Waals surface area contributed by atoms with Gasteiger partial charge < -0.3 is 0 Å². The summed E-state index contributed by atoms with van der Waals surface area (Å²) >= 11 is 1.27. The molecule has 0 radical (unpaired) electrons. The SMILES string of the molecule is C=C[CH2][Na].CCOS(=O)(=O)O. The number of hydrogen-bond donors (Lipinski definition) is 1. The molecule has 0 aromatic rings. The number of rotatable bonds is 3. The van der Waals surface area contributed by atoms with E-state index in [4.69, 9.17) is 4.55 Å². The van der Waals surface area contributed by atoms with Crippen molar-refractivity contribution in [2.24, 2.45) is 0 Å². The van der Waals surface area contributed by atoms with Gasteiger partial charge in [0.1, 0.15) is 0 Å². The average molecular weight is 190 g/mol. The Labute approximate surface area is 85.0 Å². The maximum absolute atomic E-state index is 9.56. The van der Waals surface area contributed by atoms with Crippen molar-refractivity contribution in [2.75, 3.05) is 6.61 Å². The summed E-state index contributed by atoms with van der Waals surface area (Å²) in [7, 11) is -4.17. The van der Waals surface area contributed by atoms with Crippen molar-refractivity contribution in [2.45, 2.75) is 10.6 Å². The molecule has 0 unspecified atom stereocenters. The van der Waals surface area contributed by atoms with Crippen LogP contribution in [0.2, 0.25) is 3.67 Å². The number of allylic oxidation sites excluding steroid dienone is 1. The van der Waals surface area contributed by atoms with Gasteiger partial charge in [-0.25, -0.2) is 4.18 Å². The van der Waals surface area contributed by atoms with Gasteiger partial charge in [0.25, 0.3) is 0 Å². The Kier molecular flexibility index (Phi) is 11.2. The van der Waals surface area contributed by atoms with Crippen LogP contribution < -0.4 is 0 Å². The second-order valence-electron chi connectivity index (χ2n) is 1.53. The van der Waals surface area contributed by atoms with Crippen molar-refractivity contribution in [1.82, 2.24) is 0 Å². The first kappa shape index (κ1) is 14.2. The van der Waals surface area contributed by atoms with Gasteiger partial charge in [0.15, 0.2) is 0 Å². The van der Waals surface area contributed by atoms with Gasteiger partial charge in [-0.15, -0.1) is 0 Å². The van der Waals surface area contributed by atoms with Crippen LogP contribution >= 0.6 is 0 Å². The van der Waals surface area contributed by atoms with Gasteiger partial charge in [0.2, 0.25) is 0 Å². The Hall–Kier alpha value is 0.610. The summed E-state index contributed by atoms with van der Waals surface area (Å²) in [6.45, 7) is 4.95. The van der Waals surface area contributed by atoms with E-state index in [0.717, 1.165) is 0 Å². The first-order chi connectivity index (χ1) is 4.97. The molecule has 0 fully saturated rings. The zero-order valence-electron chi connectivity index (χ0n) is 6.78. The van der Waals surface area contributed by atoms with Crippen LogP contribution in [0, 0.1) is 0 Å². The minimum absolute atomic E-state index is 0.0289. The topological polar surface area (TPSA) is 63.6 Å². The summed E-state index contributed by atoms with van der Waals surface area (Å²) < 4.78 is 31.9. The van der Waals surface area contributed by atoms with Gasteiger partial charge in [0, 0.05) is 0 Å². The maximum Gasteiger partial charge on any atom is 0.397 e. The molecule has 11 heavy (non-hydrogen) atoms. The van der Waals surface area contributed by atoms with Crippen molar-refractivity contribution >= 4 is 38.3 Å². The Balaban J connectivity index is 0. The van der Waals surface area contributed by atoms with Crippen molar-refractivity contribution in [3.8, 4) is 0 Å². The smallest absolute Gasteiger partial charge is 0.264 e. The molecule has 4 nitrogen and oxygen atoms in total. The number of hydrogen-bond acceptors (Lipinski definition) is 3. The molecule has 0 amide bonds. The molecular formula is C5H11NaO4S. The molecule has 0 aliphatic carbocycles. The van der Waals surface area contributed by atoms with E-state index < -0.39 is 10.4 Å². The third kappa shape index (κ3) is 25.0. The second kappa shape index (κ2) is 8.70. The minimum atomic E-state index is -4.17. The van der Waals surface area contributed by atoms with Crippen LogP contribution in [0.3, 0.4) is 0 Å². The van der Waals surface area contributed by atoms with E-state index in [-0.39, 0.29) is 6.61 Å². The summed E-state index contributed by atoms with van der Waals surface area (Å²) in [6.07, 6.45) is 1.94. The summed E-state index contributed by atoms with van der Waals surface area (Å²) in [5.41, 5.74) is 0. The van der Waals surface area contributed by atoms with Crippen LogP contribution in [-0.4, -0.2) is 47.5 Å². The van der Waals surface area contributed by atoms with E-state index >= 15 is 0 Å². The van der Waals surface area contributed by atoms with Crippen molar-refractivity contribution in [1.29, 1.82) is 0 Å². The van der Waals surface area contributed by atoms with Gasteiger partial charge in [-0.1, -0.05) is 0 Å². The summed E-state index contributed by atoms with van der Waals surface area (Å²) in [6, 6.07) is 0. The van der Waals surface area contributed by atoms with Gasteiger partial charge in [-0.2, -0.15) is 8.42 Å². The Bertz CT molecular complexity index is 175. The molecule has 0 bridgehead atoms. The van der Waals surface area contributed by atoms with Crippen molar-refractivity contribution in [3.05, 3.63) is 12.7 Å². The molecule has 0 saturated heterocycles. The molecule has 0 aromatic carbocycles. The van der Waals surface area contributed by atoms with Gasteiger partial charge >= 0.3 is 54.7 Å². The Morgan fingerprint density at radius 3 is 2.09 bits per heavy atom. The molecule has 0 aliphatic rings. The van der Waals surface area contributed by atoms with Crippen LogP contribution in [0.15, 0.2) is 12.7 Å². The predicted octanol–water partition coefficient (Wildman–Crippen LogP) is 0.585. The van der Waals surface area contributed by atoms with Gasteiger partial charge in [0.05, 0.1) is 6.61 Å². The fraction of sp³-hybridized carbons (Fsp3) is 0.600. The molecule has 62 valence electrons. The van der Waals surface area contributed by atoms with Crippen LogP contribution in [-0.2, 0) is 14.6 Å². The average Bonchev–Trinajstić information content (AvgIpc) is 1.86. The fourth-order valence-corrected chi connectivity index (χ4v) is 0.447. The molecule has 0 aromatic heterocycles. The van der Waals surface area contributed by atoms with Crippen LogP contribution in [0.5, 0.6) is 0 Å². The molecule has 0 spiro atoms. The van der Waals surface area contributed by atoms with Crippen LogP contribution in [0.4, 0.5) is 0 Å². The molecule has 0 atom stereocenters. The third-order valence-electron chi connectivity index (χ3n) is 0.555. The maximum atomic E-state index is 9.56. The van der Waals surface area contributed by atoms with Crippen LogP contribution in [0.25, 0.3) is 0 Å². The summed E-state index contributed by atoms with van der Waals surface area (Å²) in [4.78, 5) is 0. The quantitative estimate of drug-likeness (QED) is 0.402. The largest absolute Gasteiger partial charge is 0.397 e. The molecule has 1 N–H and O–H groups in total. The zero-order chi connectivity index (χ0) is 9.33. The third-order valence-corrected chi connectivity index (χ3v) is 1.67. The van der Waals surface area contributed by atoms with E-state index in [2.05, 4.69) is 10.8 Å². The normalized spacial score (nSPS) is 9.82. The molecule has 0 rings (SSSR count). The predicted molar refractivity (Wildman–Crippen MR) is 43.9 cm³/mol. The van der Waals surface area contributed by atoms with Gasteiger partial charge in [-0.3, -0.25) is 4.55 Å². The van der Waals surface area contributed by atoms with E-state index in [0.29, 0.717) is 0 Å². The van der Waals surface area contributed by atoms with Crippen molar-refractivity contribution in [3.63, 3.8) is 0 Å². The van der Waals surface area contributed by atoms with E-state index in [1.807, 2.05) is 6.08 Å².